The maximum absolute atomic E-state index is 5.82. The van der Waals surface area contributed by atoms with E-state index in [0.29, 0.717) is 18.4 Å². The lowest BCUT2D eigenvalue weighted by Gasteiger charge is -2.29. The molecule has 15 heavy (non-hydrogen) atoms. The predicted octanol–water partition coefficient (Wildman–Crippen LogP) is 1.32. The molecule has 4 heteroatoms. The molecule has 1 aliphatic carbocycles. The van der Waals surface area contributed by atoms with Crippen molar-refractivity contribution in [1.82, 2.24) is 9.97 Å². The van der Waals surface area contributed by atoms with Crippen molar-refractivity contribution in [3.63, 3.8) is 0 Å². The number of hydrogen-bond donors (Lipinski definition) is 2. The summed E-state index contributed by atoms with van der Waals surface area (Å²) in [4.78, 5) is 8.54. The Bertz CT molecular complexity index is 348. The Morgan fingerprint density at radius 1 is 1.60 bits per heavy atom. The van der Waals surface area contributed by atoms with Gasteiger partial charge in [-0.15, -0.1) is 0 Å². The zero-order valence-corrected chi connectivity index (χ0v) is 9.33. The normalized spacial score (nSPS) is 19.7. The van der Waals surface area contributed by atoms with Gasteiger partial charge in [-0.25, -0.2) is 9.97 Å². The number of nitrogens with zero attached hydrogens (tertiary/aromatic N) is 2. The molecule has 0 spiro atoms. The van der Waals surface area contributed by atoms with Crippen molar-refractivity contribution in [3.05, 3.63) is 18.0 Å². The molecule has 1 aromatic heterocycles. The van der Waals surface area contributed by atoms with Crippen LogP contribution in [-0.2, 0) is 0 Å². The van der Waals surface area contributed by atoms with Crippen LogP contribution in [0.15, 0.2) is 12.3 Å². The van der Waals surface area contributed by atoms with Gasteiger partial charge in [0.05, 0.1) is 5.54 Å². The van der Waals surface area contributed by atoms with Gasteiger partial charge in [0.15, 0.2) is 0 Å². The summed E-state index contributed by atoms with van der Waals surface area (Å²) < 4.78 is 0. The van der Waals surface area contributed by atoms with Crippen molar-refractivity contribution in [2.24, 2.45) is 11.7 Å². The number of hydrogen-bond acceptors (Lipinski definition) is 4. The van der Waals surface area contributed by atoms with E-state index in [9.17, 15) is 0 Å². The molecule has 1 fully saturated rings. The van der Waals surface area contributed by atoms with E-state index in [4.69, 9.17) is 5.73 Å². The quantitative estimate of drug-likeness (QED) is 0.780. The summed E-state index contributed by atoms with van der Waals surface area (Å²) in [6.07, 6.45) is 4.29. The van der Waals surface area contributed by atoms with E-state index in [1.54, 1.807) is 6.20 Å². The van der Waals surface area contributed by atoms with Crippen LogP contribution < -0.4 is 11.1 Å². The molecule has 1 atom stereocenters. The second-order valence-corrected chi connectivity index (χ2v) is 4.54. The minimum absolute atomic E-state index is 0.0478. The molecule has 3 N–H and O–H groups in total. The largest absolute Gasteiger partial charge is 0.348 e. The van der Waals surface area contributed by atoms with Crippen LogP contribution in [0, 0.1) is 12.8 Å². The first-order chi connectivity index (χ1) is 7.14. The van der Waals surface area contributed by atoms with Crippen LogP contribution in [0.4, 0.5) is 5.95 Å². The third-order valence-corrected chi connectivity index (χ3v) is 3.09. The van der Waals surface area contributed by atoms with Crippen LogP contribution >= 0.6 is 0 Å². The van der Waals surface area contributed by atoms with Gasteiger partial charge in [-0.2, -0.15) is 0 Å². The van der Waals surface area contributed by atoms with E-state index in [0.717, 1.165) is 5.69 Å². The van der Waals surface area contributed by atoms with Crippen LogP contribution in [0.1, 0.15) is 25.5 Å². The van der Waals surface area contributed by atoms with Crippen LogP contribution in [0.3, 0.4) is 0 Å². The minimum Gasteiger partial charge on any atom is -0.348 e. The SMILES string of the molecule is Cc1ccnc(NC(C)(CN)C2CC2)n1. The lowest BCUT2D eigenvalue weighted by molar-refractivity contribution is 0.456. The highest BCUT2D eigenvalue weighted by molar-refractivity contribution is 5.31. The van der Waals surface area contributed by atoms with Gasteiger partial charge in [0.1, 0.15) is 0 Å². The summed E-state index contributed by atoms with van der Waals surface area (Å²) in [6, 6.07) is 1.89. The molecule has 1 heterocycles. The molecule has 0 aliphatic heterocycles. The highest BCUT2D eigenvalue weighted by Gasteiger charge is 2.40. The average molecular weight is 206 g/mol. The third kappa shape index (κ3) is 2.26. The Hall–Kier alpha value is -1.16. The van der Waals surface area contributed by atoms with Gasteiger partial charge in [0, 0.05) is 18.4 Å². The van der Waals surface area contributed by atoms with Crippen LogP contribution in [0.5, 0.6) is 0 Å². The monoisotopic (exact) mass is 206 g/mol. The average Bonchev–Trinajstić information content (AvgIpc) is 3.01. The topological polar surface area (TPSA) is 63.8 Å². The number of rotatable bonds is 4. The van der Waals surface area contributed by atoms with E-state index in [1.807, 2.05) is 13.0 Å². The summed E-state index contributed by atoms with van der Waals surface area (Å²) in [5.74, 6) is 1.36. The fraction of sp³-hybridized carbons (Fsp3) is 0.636. The summed E-state index contributed by atoms with van der Waals surface area (Å²) in [7, 11) is 0. The van der Waals surface area contributed by atoms with Gasteiger partial charge in [0.25, 0.3) is 0 Å². The number of anilines is 1. The third-order valence-electron chi connectivity index (χ3n) is 3.09. The maximum Gasteiger partial charge on any atom is 0.223 e. The standard InChI is InChI=1S/C11H18N4/c1-8-5-6-13-10(14-8)15-11(2,7-12)9-3-4-9/h5-6,9H,3-4,7,12H2,1-2H3,(H,13,14,15). The number of aryl methyl sites for hydroxylation is 1. The van der Waals surface area contributed by atoms with E-state index in [2.05, 4.69) is 22.2 Å². The first-order valence-corrected chi connectivity index (χ1v) is 5.42. The van der Waals surface area contributed by atoms with E-state index in [1.165, 1.54) is 12.8 Å². The fourth-order valence-corrected chi connectivity index (χ4v) is 1.80. The van der Waals surface area contributed by atoms with E-state index >= 15 is 0 Å². The van der Waals surface area contributed by atoms with Gasteiger partial charge < -0.3 is 11.1 Å². The van der Waals surface area contributed by atoms with Crippen molar-refractivity contribution in [2.75, 3.05) is 11.9 Å². The van der Waals surface area contributed by atoms with Crippen molar-refractivity contribution in [1.29, 1.82) is 0 Å². The Balaban J connectivity index is 2.12. The molecule has 0 aromatic carbocycles. The molecule has 4 nitrogen and oxygen atoms in total. The fourth-order valence-electron chi connectivity index (χ4n) is 1.80. The maximum atomic E-state index is 5.82. The molecular weight excluding hydrogens is 188 g/mol. The molecule has 0 saturated heterocycles. The molecule has 0 bridgehead atoms. The highest BCUT2D eigenvalue weighted by atomic mass is 15.2. The lowest BCUT2D eigenvalue weighted by atomic mass is 9.96. The zero-order chi connectivity index (χ0) is 10.9. The second-order valence-electron chi connectivity index (χ2n) is 4.54. The number of nitrogens with one attached hydrogen (secondary N) is 1. The number of aromatic nitrogens is 2. The minimum atomic E-state index is -0.0478. The van der Waals surface area contributed by atoms with Gasteiger partial charge in [-0.05, 0) is 38.7 Å². The summed E-state index contributed by atoms with van der Waals surface area (Å²) in [6.45, 7) is 4.73. The Morgan fingerprint density at radius 2 is 2.33 bits per heavy atom. The molecule has 1 aliphatic rings. The van der Waals surface area contributed by atoms with Crippen LogP contribution in [-0.4, -0.2) is 22.1 Å². The molecule has 82 valence electrons. The molecule has 1 saturated carbocycles. The molecule has 0 amide bonds. The van der Waals surface area contributed by atoms with Crippen molar-refractivity contribution >= 4 is 5.95 Å². The van der Waals surface area contributed by atoms with Gasteiger partial charge in [-0.1, -0.05) is 0 Å². The molecule has 2 rings (SSSR count). The first-order valence-electron chi connectivity index (χ1n) is 5.42. The van der Waals surface area contributed by atoms with Gasteiger partial charge in [0.2, 0.25) is 5.95 Å². The number of nitrogens with two attached hydrogens (primary N) is 1. The Kier molecular flexibility index (Phi) is 2.61. The lowest BCUT2D eigenvalue weighted by Crippen LogP contribution is -2.45. The van der Waals surface area contributed by atoms with Crippen LogP contribution in [0.2, 0.25) is 0 Å². The van der Waals surface area contributed by atoms with Crippen molar-refractivity contribution in [3.8, 4) is 0 Å². The Morgan fingerprint density at radius 3 is 2.87 bits per heavy atom. The molecular formula is C11H18N4. The summed E-state index contributed by atoms with van der Waals surface area (Å²) in [5.41, 5.74) is 6.74. The highest BCUT2D eigenvalue weighted by Crippen LogP contribution is 2.40. The van der Waals surface area contributed by atoms with Gasteiger partial charge in [-0.3, -0.25) is 0 Å². The molecule has 1 unspecified atom stereocenters. The molecule has 1 aromatic rings. The Labute approximate surface area is 90.3 Å². The van der Waals surface area contributed by atoms with E-state index < -0.39 is 0 Å². The van der Waals surface area contributed by atoms with Gasteiger partial charge >= 0.3 is 0 Å². The van der Waals surface area contributed by atoms with E-state index in [-0.39, 0.29) is 5.54 Å². The zero-order valence-electron chi connectivity index (χ0n) is 9.33. The summed E-state index contributed by atoms with van der Waals surface area (Å²) >= 11 is 0. The smallest absolute Gasteiger partial charge is 0.223 e. The van der Waals surface area contributed by atoms with Crippen LogP contribution in [0.25, 0.3) is 0 Å². The van der Waals surface area contributed by atoms with Crippen molar-refractivity contribution in [2.45, 2.75) is 32.2 Å². The van der Waals surface area contributed by atoms with Crippen molar-refractivity contribution < 1.29 is 0 Å². The first kappa shape index (κ1) is 10.4. The second kappa shape index (κ2) is 3.77. The molecule has 0 radical (unpaired) electrons. The predicted molar refractivity (Wildman–Crippen MR) is 60.6 cm³/mol. The summed E-state index contributed by atoms with van der Waals surface area (Å²) in [5, 5.41) is 3.36.